The molecule has 15 heteroatoms. The van der Waals surface area contributed by atoms with Gasteiger partial charge in [0, 0.05) is 77.1 Å². The van der Waals surface area contributed by atoms with Gasteiger partial charge in [-0.2, -0.15) is 12.7 Å². The molecule has 3 aliphatic rings. The van der Waals surface area contributed by atoms with E-state index in [-0.39, 0.29) is 35.9 Å². The predicted octanol–water partition coefficient (Wildman–Crippen LogP) is 2.34. The highest BCUT2D eigenvalue weighted by Crippen LogP contribution is 2.34. The molecule has 0 spiro atoms. The first kappa shape index (κ1) is 34.8. The van der Waals surface area contributed by atoms with Crippen LogP contribution < -0.4 is 20.1 Å². The normalized spacial score (nSPS) is 18.9. The van der Waals surface area contributed by atoms with Gasteiger partial charge in [-0.05, 0) is 63.1 Å². The van der Waals surface area contributed by atoms with Gasteiger partial charge in [-0.3, -0.25) is 14.5 Å². The number of nitrogens with one attached hydrogen (secondary N) is 1. The van der Waals surface area contributed by atoms with Gasteiger partial charge in [0.15, 0.2) is 5.82 Å². The van der Waals surface area contributed by atoms with Crippen LogP contribution in [0.15, 0.2) is 33.5 Å². The highest BCUT2D eigenvalue weighted by molar-refractivity contribution is 7.87. The van der Waals surface area contributed by atoms with Gasteiger partial charge in [0.25, 0.3) is 11.8 Å². The molecule has 49 heavy (non-hydrogen) atoms. The van der Waals surface area contributed by atoms with E-state index in [1.807, 2.05) is 17.7 Å². The number of piperazine rings is 1. The Balaban J connectivity index is 1.25. The predicted molar refractivity (Wildman–Crippen MR) is 184 cm³/mol. The number of carbonyl (C=O) groups excluding carboxylic acids is 2. The molecule has 1 aromatic heterocycles. The molecule has 1 atom stereocenters. The summed E-state index contributed by atoms with van der Waals surface area (Å²) in [5, 5.41) is 0.811. The van der Waals surface area contributed by atoms with Gasteiger partial charge in [-0.15, -0.1) is 0 Å². The maximum atomic E-state index is 16.1. The number of carbonyl (C=O) groups is 2. The second kappa shape index (κ2) is 13.7. The van der Waals surface area contributed by atoms with E-state index in [0.717, 1.165) is 41.8 Å². The van der Waals surface area contributed by atoms with E-state index in [1.165, 1.54) is 40.3 Å². The molecule has 3 aromatic rings. The van der Waals surface area contributed by atoms with Gasteiger partial charge >= 0.3 is 15.8 Å². The SMILES string of the molecule is COC[C@H]1CN(c2ccc3c4c(c(=O)oc3c2C)CN(C(=O)c2ccc(C(=O)NS(=O)(=O)N3CCCC3)c(N(C)C)c2F)CC4)CCN1C. The van der Waals surface area contributed by atoms with Crippen molar-refractivity contribution in [2.24, 2.45) is 0 Å². The number of halogens is 1. The summed E-state index contributed by atoms with van der Waals surface area (Å²) in [7, 11) is 2.68. The fraction of sp³-hybridized carbons (Fsp3) is 0.500. The van der Waals surface area contributed by atoms with Crippen LogP contribution in [0.4, 0.5) is 15.8 Å². The van der Waals surface area contributed by atoms with Crippen molar-refractivity contribution in [3.8, 4) is 0 Å². The number of aryl methyl sites for hydroxylation is 1. The van der Waals surface area contributed by atoms with Crippen molar-refractivity contribution in [2.45, 2.75) is 38.8 Å². The number of ether oxygens (including phenoxy) is 1. The van der Waals surface area contributed by atoms with Crippen LogP contribution in [0, 0.1) is 12.7 Å². The van der Waals surface area contributed by atoms with E-state index < -0.39 is 33.5 Å². The number of fused-ring (bicyclic) bond motifs is 3. The molecule has 0 unspecified atom stereocenters. The van der Waals surface area contributed by atoms with Gasteiger partial charge in [0.1, 0.15) is 5.58 Å². The summed E-state index contributed by atoms with van der Waals surface area (Å²) in [5.41, 5.74) is 2.25. The van der Waals surface area contributed by atoms with Crippen LogP contribution in [-0.2, 0) is 27.9 Å². The Bertz CT molecular complexity index is 1960. The lowest BCUT2D eigenvalue weighted by molar-refractivity contribution is 0.0727. The quantitative estimate of drug-likeness (QED) is 0.350. The molecule has 2 fully saturated rings. The summed E-state index contributed by atoms with van der Waals surface area (Å²) in [5.74, 6) is -2.61. The molecule has 2 aromatic carbocycles. The standard InChI is InChI=1S/C34H43FN6O7S/c1-21-28(39-17-16-38(4)22(18-39)20-47-5)11-10-24-23-12-15-40(19-27(23)34(44)48-31(21)24)33(43)25-8-9-26(30(29(25)35)37(2)3)32(42)36-49(45,46)41-13-6-7-14-41/h8-11,22H,6-7,12-20H2,1-5H3,(H,36,42)/t22-/m1/s1. The molecule has 264 valence electrons. The minimum Gasteiger partial charge on any atom is -0.422 e. The maximum absolute atomic E-state index is 16.1. The number of nitrogens with zero attached hydrogens (tertiary/aromatic N) is 5. The second-order valence-electron chi connectivity index (χ2n) is 13.2. The number of hydrogen-bond donors (Lipinski definition) is 1. The molecule has 4 heterocycles. The third kappa shape index (κ3) is 6.52. The fourth-order valence-electron chi connectivity index (χ4n) is 7.19. The van der Waals surface area contributed by atoms with Gasteiger partial charge in [0.05, 0.1) is 41.6 Å². The first-order valence-electron chi connectivity index (χ1n) is 16.5. The second-order valence-corrected chi connectivity index (χ2v) is 14.9. The van der Waals surface area contributed by atoms with Crippen molar-refractivity contribution in [3.63, 3.8) is 0 Å². The molecule has 3 aliphatic heterocycles. The summed E-state index contributed by atoms with van der Waals surface area (Å²) in [6, 6.07) is 6.68. The van der Waals surface area contributed by atoms with Crippen LogP contribution in [0.1, 0.15) is 50.2 Å². The van der Waals surface area contributed by atoms with E-state index >= 15 is 4.39 Å². The van der Waals surface area contributed by atoms with Crippen molar-refractivity contribution >= 4 is 44.4 Å². The largest absolute Gasteiger partial charge is 0.422 e. The molecular formula is C34H43FN6O7S. The molecule has 0 radical (unpaired) electrons. The fourth-order valence-corrected chi connectivity index (χ4v) is 8.40. The van der Waals surface area contributed by atoms with Gasteiger partial charge in [-0.25, -0.2) is 13.9 Å². The summed E-state index contributed by atoms with van der Waals surface area (Å²) >= 11 is 0. The van der Waals surface area contributed by atoms with Crippen LogP contribution in [0.2, 0.25) is 0 Å². The van der Waals surface area contributed by atoms with Crippen LogP contribution in [0.3, 0.4) is 0 Å². The first-order valence-corrected chi connectivity index (χ1v) is 17.9. The lowest BCUT2D eigenvalue weighted by Gasteiger charge is -2.41. The van der Waals surface area contributed by atoms with E-state index in [1.54, 1.807) is 7.11 Å². The lowest BCUT2D eigenvalue weighted by atomic mass is 9.95. The highest BCUT2D eigenvalue weighted by Gasteiger charge is 2.33. The average molecular weight is 699 g/mol. The summed E-state index contributed by atoms with van der Waals surface area (Å²) in [6.45, 7) is 5.79. The van der Waals surface area contributed by atoms with Crippen molar-refractivity contribution in [2.75, 3.05) is 83.9 Å². The third-order valence-electron chi connectivity index (χ3n) is 9.92. The maximum Gasteiger partial charge on any atom is 0.341 e. The topological polar surface area (TPSA) is 136 Å². The number of anilines is 2. The number of likely N-dealkylation sites (N-methyl/N-ethyl adjacent to an activating group) is 1. The number of benzene rings is 2. The molecule has 2 saturated heterocycles. The Hall–Kier alpha value is -4.05. The summed E-state index contributed by atoms with van der Waals surface area (Å²) in [4.78, 5) is 47.5. The number of methoxy groups -OCH3 is 1. The monoisotopic (exact) mass is 698 g/mol. The Morgan fingerprint density at radius 3 is 2.45 bits per heavy atom. The minimum absolute atomic E-state index is 0.0720. The number of hydrogen-bond acceptors (Lipinski definition) is 10. The van der Waals surface area contributed by atoms with E-state index in [0.29, 0.717) is 50.1 Å². The highest BCUT2D eigenvalue weighted by atomic mass is 32.2. The molecular weight excluding hydrogens is 655 g/mol. The van der Waals surface area contributed by atoms with Crippen molar-refractivity contribution in [1.29, 1.82) is 0 Å². The van der Waals surface area contributed by atoms with Crippen LogP contribution in [-0.4, -0.2) is 115 Å². The Morgan fingerprint density at radius 2 is 1.76 bits per heavy atom. The van der Waals surface area contributed by atoms with Gasteiger partial charge in [-0.1, -0.05) is 0 Å². The van der Waals surface area contributed by atoms with Crippen LogP contribution in [0.25, 0.3) is 11.0 Å². The lowest BCUT2D eigenvalue weighted by Crippen LogP contribution is -2.53. The zero-order valence-electron chi connectivity index (χ0n) is 28.5. The van der Waals surface area contributed by atoms with Gasteiger partial charge in [0.2, 0.25) is 0 Å². The number of rotatable bonds is 8. The Labute approximate surface area is 285 Å². The molecule has 13 nitrogen and oxygen atoms in total. The molecule has 2 amide bonds. The van der Waals surface area contributed by atoms with E-state index in [4.69, 9.17) is 9.15 Å². The van der Waals surface area contributed by atoms with Crippen LogP contribution in [0.5, 0.6) is 0 Å². The van der Waals surface area contributed by atoms with E-state index in [2.05, 4.69) is 22.9 Å². The molecule has 0 bridgehead atoms. The minimum atomic E-state index is -4.10. The number of amides is 2. The van der Waals surface area contributed by atoms with Crippen molar-refractivity contribution in [1.82, 2.24) is 18.8 Å². The zero-order chi connectivity index (χ0) is 35.2. The molecule has 0 saturated carbocycles. The van der Waals surface area contributed by atoms with Crippen molar-refractivity contribution in [3.05, 3.63) is 68.3 Å². The summed E-state index contributed by atoms with van der Waals surface area (Å²) < 4.78 is 56.0. The summed E-state index contributed by atoms with van der Waals surface area (Å²) in [6.07, 6.45) is 1.75. The molecule has 0 aliphatic carbocycles. The van der Waals surface area contributed by atoms with Gasteiger partial charge < -0.3 is 23.9 Å². The van der Waals surface area contributed by atoms with E-state index in [9.17, 15) is 22.8 Å². The average Bonchev–Trinajstić information content (AvgIpc) is 3.62. The first-order chi connectivity index (χ1) is 23.3. The molecule has 1 N–H and O–H groups in total. The van der Waals surface area contributed by atoms with Crippen LogP contribution >= 0.6 is 0 Å². The third-order valence-corrected chi connectivity index (χ3v) is 11.4. The smallest absolute Gasteiger partial charge is 0.341 e. The van der Waals surface area contributed by atoms with Crippen molar-refractivity contribution < 1.29 is 31.6 Å². The Morgan fingerprint density at radius 1 is 1.04 bits per heavy atom. The molecule has 6 rings (SSSR count). The Kier molecular flexibility index (Phi) is 9.72. The zero-order valence-corrected chi connectivity index (χ0v) is 29.4.